The van der Waals surface area contributed by atoms with Crippen molar-refractivity contribution in [2.24, 2.45) is 0 Å². The van der Waals surface area contributed by atoms with Gasteiger partial charge in [-0.1, -0.05) is 39.0 Å². The van der Waals surface area contributed by atoms with Gasteiger partial charge in [-0.2, -0.15) is 0 Å². The Labute approximate surface area is 122 Å². The molecule has 1 amide bonds. The fraction of sp³-hybridized carbons (Fsp3) is 0.588. The molecule has 1 aromatic rings. The second-order valence-corrected chi connectivity index (χ2v) is 6.60. The fourth-order valence-corrected chi connectivity index (χ4v) is 2.76. The van der Waals surface area contributed by atoms with Gasteiger partial charge in [-0.15, -0.1) is 0 Å². The van der Waals surface area contributed by atoms with Crippen molar-refractivity contribution in [1.82, 2.24) is 10.2 Å². The molecule has 1 aromatic carbocycles. The summed E-state index contributed by atoms with van der Waals surface area (Å²) in [6.45, 7) is 10.5. The van der Waals surface area contributed by atoms with E-state index in [0.717, 1.165) is 24.2 Å². The average Bonchev–Trinajstić information content (AvgIpc) is 2.91. The van der Waals surface area contributed by atoms with Crippen molar-refractivity contribution in [3.63, 3.8) is 0 Å². The quantitative estimate of drug-likeness (QED) is 0.915. The Balaban J connectivity index is 1.95. The highest BCUT2D eigenvalue weighted by atomic mass is 16.1. The molecule has 0 saturated carbocycles. The summed E-state index contributed by atoms with van der Waals surface area (Å²) in [7, 11) is 0. The van der Waals surface area contributed by atoms with E-state index in [1.807, 2.05) is 18.2 Å². The van der Waals surface area contributed by atoms with Gasteiger partial charge in [0.15, 0.2) is 0 Å². The van der Waals surface area contributed by atoms with Crippen LogP contribution in [-0.2, 0) is 5.41 Å². The maximum absolute atomic E-state index is 12.4. The van der Waals surface area contributed by atoms with Crippen LogP contribution in [0, 0.1) is 0 Å². The molecule has 0 spiro atoms. The van der Waals surface area contributed by atoms with Gasteiger partial charge in [-0.05, 0) is 43.0 Å². The molecule has 0 aromatic heterocycles. The van der Waals surface area contributed by atoms with Crippen molar-refractivity contribution in [2.45, 2.75) is 39.0 Å². The zero-order valence-corrected chi connectivity index (χ0v) is 12.9. The van der Waals surface area contributed by atoms with Crippen LogP contribution in [0.25, 0.3) is 0 Å². The van der Waals surface area contributed by atoms with Crippen LogP contribution in [0.2, 0.25) is 0 Å². The van der Waals surface area contributed by atoms with E-state index in [0.29, 0.717) is 0 Å². The Kier molecular flexibility index (Phi) is 4.81. The van der Waals surface area contributed by atoms with Gasteiger partial charge in [0.2, 0.25) is 0 Å². The van der Waals surface area contributed by atoms with Gasteiger partial charge in [0, 0.05) is 18.7 Å². The minimum Gasteiger partial charge on any atom is -0.351 e. The van der Waals surface area contributed by atoms with E-state index < -0.39 is 0 Å². The number of carbonyl (C=O) groups is 1. The second kappa shape index (κ2) is 6.40. The first-order valence-corrected chi connectivity index (χ1v) is 7.58. The number of nitrogens with one attached hydrogen (secondary N) is 1. The molecule has 110 valence electrons. The second-order valence-electron chi connectivity index (χ2n) is 6.60. The monoisotopic (exact) mass is 274 g/mol. The molecule has 1 heterocycles. The molecule has 3 nitrogen and oxygen atoms in total. The summed E-state index contributed by atoms with van der Waals surface area (Å²) < 4.78 is 0. The number of hydrogen-bond acceptors (Lipinski definition) is 2. The minimum atomic E-state index is -0.0110. The lowest BCUT2D eigenvalue weighted by molar-refractivity contribution is 0.0947. The lowest BCUT2D eigenvalue weighted by Gasteiger charge is -2.22. The van der Waals surface area contributed by atoms with E-state index in [4.69, 9.17) is 0 Å². The molecular formula is C17H26N2O. The van der Waals surface area contributed by atoms with Crippen LogP contribution in [0.4, 0.5) is 0 Å². The third kappa shape index (κ3) is 3.83. The largest absolute Gasteiger partial charge is 0.351 e. The number of benzene rings is 1. The molecule has 0 radical (unpaired) electrons. The topological polar surface area (TPSA) is 32.3 Å². The number of hydrogen-bond donors (Lipinski definition) is 1. The Morgan fingerprint density at radius 1 is 1.20 bits per heavy atom. The summed E-state index contributed by atoms with van der Waals surface area (Å²) in [6.07, 6.45) is 2.58. The van der Waals surface area contributed by atoms with Crippen LogP contribution in [0.1, 0.15) is 49.5 Å². The average molecular weight is 274 g/mol. The molecule has 0 bridgehead atoms. The van der Waals surface area contributed by atoms with E-state index in [-0.39, 0.29) is 11.3 Å². The SMILES string of the molecule is CC(C)(C)c1ccccc1C(=O)NCCN1CCCC1. The van der Waals surface area contributed by atoms with E-state index in [9.17, 15) is 4.79 Å². The summed E-state index contributed by atoms with van der Waals surface area (Å²) in [5.74, 6) is 0.0507. The first-order valence-electron chi connectivity index (χ1n) is 7.58. The van der Waals surface area contributed by atoms with Crippen LogP contribution in [0.5, 0.6) is 0 Å². The highest BCUT2D eigenvalue weighted by Gasteiger charge is 2.21. The van der Waals surface area contributed by atoms with Gasteiger partial charge in [0.05, 0.1) is 0 Å². The smallest absolute Gasteiger partial charge is 0.251 e. The van der Waals surface area contributed by atoms with E-state index in [2.05, 4.69) is 37.1 Å². The maximum Gasteiger partial charge on any atom is 0.251 e. The van der Waals surface area contributed by atoms with Gasteiger partial charge in [0.25, 0.3) is 5.91 Å². The molecule has 1 saturated heterocycles. The van der Waals surface area contributed by atoms with Crippen LogP contribution in [0.3, 0.4) is 0 Å². The van der Waals surface area contributed by atoms with Crippen LogP contribution in [-0.4, -0.2) is 37.0 Å². The number of carbonyl (C=O) groups excluding carboxylic acids is 1. The van der Waals surface area contributed by atoms with Gasteiger partial charge in [-0.3, -0.25) is 4.79 Å². The van der Waals surface area contributed by atoms with Crippen molar-refractivity contribution in [3.05, 3.63) is 35.4 Å². The maximum atomic E-state index is 12.4. The molecule has 0 aliphatic carbocycles. The van der Waals surface area contributed by atoms with E-state index in [1.165, 1.54) is 25.9 Å². The molecule has 1 aliphatic rings. The van der Waals surface area contributed by atoms with Gasteiger partial charge in [-0.25, -0.2) is 0 Å². The summed E-state index contributed by atoms with van der Waals surface area (Å²) in [4.78, 5) is 14.8. The Bertz CT molecular complexity index is 456. The van der Waals surface area contributed by atoms with Gasteiger partial charge >= 0.3 is 0 Å². The minimum absolute atomic E-state index is 0.0110. The zero-order chi connectivity index (χ0) is 14.6. The Morgan fingerprint density at radius 3 is 2.50 bits per heavy atom. The molecule has 3 heteroatoms. The predicted octanol–water partition coefficient (Wildman–Crippen LogP) is 2.81. The summed E-state index contributed by atoms with van der Waals surface area (Å²) in [5, 5.41) is 3.06. The summed E-state index contributed by atoms with van der Waals surface area (Å²) >= 11 is 0. The first kappa shape index (κ1) is 15.0. The zero-order valence-electron chi connectivity index (χ0n) is 12.9. The molecule has 20 heavy (non-hydrogen) atoms. The number of rotatable bonds is 4. The summed E-state index contributed by atoms with van der Waals surface area (Å²) in [6, 6.07) is 7.91. The van der Waals surface area contributed by atoms with E-state index in [1.54, 1.807) is 0 Å². The van der Waals surface area contributed by atoms with Crippen LogP contribution >= 0.6 is 0 Å². The molecular weight excluding hydrogens is 248 g/mol. The first-order chi connectivity index (χ1) is 9.48. The fourth-order valence-electron chi connectivity index (χ4n) is 2.76. The molecule has 1 fully saturated rings. The third-order valence-corrected chi connectivity index (χ3v) is 3.89. The molecule has 2 rings (SSSR count). The van der Waals surface area contributed by atoms with Crippen molar-refractivity contribution < 1.29 is 4.79 Å². The van der Waals surface area contributed by atoms with Crippen molar-refractivity contribution in [2.75, 3.05) is 26.2 Å². The lowest BCUT2D eigenvalue weighted by Crippen LogP contribution is -2.34. The molecule has 0 unspecified atom stereocenters. The summed E-state index contributed by atoms with van der Waals surface area (Å²) in [5.41, 5.74) is 1.91. The van der Waals surface area contributed by atoms with Crippen molar-refractivity contribution >= 4 is 5.91 Å². The lowest BCUT2D eigenvalue weighted by atomic mass is 9.83. The van der Waals surface area contributed by atoms with Crippen molar-refractivity contribution in [3.8, 4) is 0 Å². The highest BCUT2D eigenvalue weighted by Crippen LogP contribution is 2.25. The van der Waals surface area contributed by atoms with Gasteiger partial charge < -0.3 is 10.2 Å². The molecule has 0 atom stereocenters. The van der Waals surface area contributed by atoms with Crippen LogP contribution in [0.15, 0.2) is 24.3 Å². The Morgan fingerprint density at radius 2 is 1.85 bits per heavy atom. The van der Waals surface area contributed by atoms with Gasteiger partial charge in [0.1, 0.15) is 0 Å². The van der Waals surface area contributed by atoms with Crippen molar-refractivity contribution in [1.29, 1.82) is 0 Å². The highest BCUT2D eigenvalue weighted by molar-refractivity contribution is 5.96. The normalized spacial score (nSPS) is 16.4. The number of amides is 1. The number of nitrogens with zero attached hydrogens (tertiary/aromatic N) is 1. The van der Waals surface area contributed by atoms with E-state index >= 15 is 0 Å². The molecule has 1 aliphatic heterocycles. The third-order valence-electron chi connectivity index (χ3n) is 3.89. The van der Waals surface area contributed by atoms with Crippen LogP contribution < -0.4 is 5.32 Å². The standard InChI is InChI=1S/C17H26N2O/c1-17(2,3)15-9-5-4-8-14(15)16(20)18-10-13-19-11-6-7-12-19/h4-5,8-9H,6-7,10-13H2,1-3H3,(H,18,20). The Hall–Kier alpha value is -1.35. The predicted molar refractivity (Wildman–Crippen MR) is 83.1 cm³/mol. The molecule has 1 N–H and O–H groups in total. The number of likely N-dealkylation sites (tertiary alicyclic amines) is 1.